The number of amides is 1. The van der Waals surface area contributed by atoms with Gasteiger partial charge in [-0.1, -0.05) is 24.3 Å². The third-order valence-electron chi connectivity index (χ3n) is 5.33. The zero-order valence-corrected chi connectivity index (χ0v) is 21.9. The number of benzene rings is 1. The van der Waals surface area contributed by atoms with Crippen LogP contribution in [0.15, 0.2) is 52.8 Å². The van der Waals surface area contributed by atoms with Gasteiger partial charge in [-0.2, -0.15) is 0 Å². The molecule has 1 aromatic heterocycles. The van der Waals surface area contributed by atoms with Gasteiger partial charge in [0.05, 0.1) is 6.54 Å². The van der Waals surface area contributed by atoms with Crippen LogP contribution in [-0.2, 0) is 10.4 Å². The molecule has 1 fully saturated rings. The van der Waals surface area contributed by atoms with Crippen molar-refractivity contribution < 1.29 is 9.90 Å². The molecular formula is C23H34IN5O2S. The predicted molar refractivity (Wildman–Crippen MR) is 143 cm³/mol. The quantitative estimate of drug-likeness (QED) is 0.258. The minimum Gasteiger partial charge on any atom is -0.383 e. The van der Waals surface area contributed by atoms with Gasteiger partial charge in [0.15, 0.2) is 5.96 Å². The summed E-state index contributed by atoms with van der Waals surface area (Å²) in [5.41, 5.74) is 0.200. The molecule has 1 unspecified atom stereocenters. The van der Waals surface area contributed by atoms with Crippen molar-refractivity contribution in [1.82, 2.24) is 15.5 Å². The number of nitrogens with one attached hydrogen (secondary N) is 2. The van der Waals surface area contributed by atoms with Crippen LogP contribution in [0.2, 0.25) is 0 Å². The van der Waals surface area contributed by atoms with Gasteiger partial charge in [0.25, 0.3) is 0 Å². The van der Waals surface area contributed by atoms with Crippen molar-refractivity contribution >= 4 is 52.9 Å². The molecule has 1 saturated heterocycles. The second-order valence-electron chi connectivity index (χ2n) is 7.83. The molecule has 1 aliphatic heterocycles. The van der Waals surface area contributed by atoms with Crippen molar-refractivity contribution in [2.45, 2.75) is 25.9 Å². The lowest BCUT2D eigenvalue weighted by Crippen LogP contribution is -2.49. The summed E-state index contributed by atoms with van der Waals surface area (Å²) in [6.45, 7) is 8.41. The zero-order chi connectivity index (χ0) is 22.1. The first-order chi connectivity index (χ1) is 15.0. The highest BCUT2D eigenvalue weighted by Crippen LogP contribution is 2.25. The summed E-state index contributed by atoms with van der Waals surface area (Å²) in [6.07, 6.45) is 0.414. The lowest BCUT2D eigenvalue weighted by atomic mass is 10.1. The third-order valence-corrected chi connectivity index (χ3v) is 6.45. The molecule has 2 heterocycles. The number of hydrogen-bond acceptors (Lipinski definition) is 5. The van der Waals surface area contributed by atoms with E-state index in [-0.39, 0.29) is 36.4 Å². The Morgan fingerprint density at radius 3 is 2.47 bits per heavy atom. The predicted octanol–water partition coefficient (Wildman–Crippen LogP) is 2.87. The van der Waals surface area contributed by atoms with Crippen LogP contribution < -0.4 is 15.5 Å². The molecular weight excluding hydrogens is 537 g/mol. The Kier molecular flexibility index (Phi) is 10.7. The van der Waals surface area contributed by atoms with Crippen LogP contribution >= 0.6 is 35.3 Å². The highest BCUT2D eigenvalue weighted by molar-refractivity contribution is 14.0. The summed E-state index contributed by atoms with van der Waals surface area (Å²) < 4.78 is 0. The van der Waals surface area contributed by atoms with Crippen LogP contribution in [0, 0.1) is 0 Å². The smallest absolute Gasteiger partial charge is 0.224 e. The number of piperazine rings is 1. The summed E-state index contributed by atoms with van der Waals surface area (Å²) in [4.78, 5) is 22.3. The van der Waals surface area contributed by atoms with Gasteiger partial charge in [0.1, 0.15) is 5.60 Å². The number of guanidine groups is 1. The molecule has 0 saturated carbocycles. The molecule has 0 spiro atoms. The average molecular weight is 572 g/mol. The van der Waals surface area contributed by atoms with E-state index in [0.29, 0.717) is 25.5 Å². The topological polar surface area (TPSA) is 80.2 Å². The van der Waals surface area contributed by atoms with Crippen molar-refractivity contribution in [3.05, 3.63) is 52.7 Å². The summed E-state index contributed by atoms with van der Waals surface area (Å²) in [5.74, 6) is 0.766. The van der Waals surface area contributed by atoms with E-state index in [1.807, 2.05) is 47.5 Å². The van der Waals surface area contributed by atoms with Crippen LogP contribution in [0.1, 0.15) is 25.1 Å². The van der Waals surface area contributed by atoms with Gasteiger partial charge in [0, 0.05) is 56.3 Å². The molecule has 3 N–H and O–H groups in total. The molecule has 176 valence electrons. The van der Waals surface area contributed by atoms with E-state index >= 15 is 0 Å². The van der Waals surface area contributed by atoms with Gasteiger partial charge < -0.3 is 25.5 Å². The second-order valence-corrected chi connectivity index (χ2v) is 8.77. The van der Waals surface area contributed by atoms with E-state index in [9.17, 15) is 9.90 Å². The first kappa shape index (κ1) is 26.4. The largest absolute Gasteiger partial charge is 0.383 e. The van der Waals surface area contributed by atoms with E-state index in [2.05, 4.69) is 32.7 Å². The van der Waals surface area contributed by atoms with Gasteiger partial charge in [0.2, 0.25) is 5.91 Å². The number of thiophene rings is 1. The van der Waals surface area contributed by atoms with Gasteiger partial charge in [-0.15, -0.1) is 35.3 Å². The van der Waals surface area contributed by atoms with Gasteiger partial charge in [-0.3, -0.25) is 4.79 Å². The minimum absolute atomic E-state index is 0. The van der Waals surface area contributed by atoms with Crippen molar-refractivity contribution in [2.75, 3.05) is 50.7 Å². The standard InChI is InChI=1S/C23H33N5O2S.HI/c1-3-24-22(26-18-23(2,30)20-10-7-17-31-20)25-12-11-21(29)28-15-13-27(14-16-28)19-8-5-4-6-9-19;/h4-10,17,30H,3,11-16,18H2,1-2H3,(H2,24,25,26);1H. The number of carbonyl (C=O) groups is 1. The molecule has 1 aliphatic rings. The normalized spacial score (nSPS) is 16.2. The van der Waals surface area contributed by atoms with Crippen LogP contribution in [0.25, 0.3) is 0 Å². The van der Waals surface area contributed by atoms with E-state index in [1.165, 1.54) is 17.0 Å². The lowest BCUT2D eigenvalue weighted by molar-refractivity contribution is -0.131. The summed E-state index contributed by atoms with van der Waals surface area (Å²) >= 11 is 1.52. The van der Waals surface area contributed by atoms with Crippen molar-refractivity contribution in [2.24, 2.45) is 4.99 Å². The van der Waals surface area contributed by atoms with Crippen molar-refractivity contribution in [3.63, 3.8) is 0 Å². The summed E-state index contributed by atoms with van der Waals surface area (Å²) in [5, 5.41) is 19.0. The van der Waals surface area contributed by atoms with Crippen LogP contribution in [0.3, 0.4) is 0 Å². The molecule has 1 amide bonds. The van der Waals surface area contributed by atoms with Crippen LogP contribution in [0.5, 0.6) is 0 Å². The average Bonchev–Trinajstić information content (AvgIpc) is 3.34. The van der Waals surface area contributed by atoms with Crippen LogP contribution in [0.4, 0.5) is 5.69 Å². The molecule has 1 aromatic carbocycles. The molecule has 0 radical (unpaired) electrons. The van der Waals surface area contributed by atoms with Crippen molar-refractivity contribution in [1.29, 1.82) is 0 Å². The number of hydrogen-bond donors (Lipinski definition) is 3. The zero-order valence-electron chi connectivity index (χ0n) is 18.8. The first-order valence-electron chi connectivity index (χ1n) is 10.9. The summed E-state index contributed by atoms with van der Waals surface area (Å²) in [6, 6.07) is 14.2. The Morgan fingerprint density at radius 1 is 1.12 bits per heavy atom. The Bertz CT molecular complexity index is 837. The molecule has 32 heavy (non-hydrogen) atoms. The molecule has 0 bridgehead atoms. The number of carbonyl (C=O) groups excluding carboxylic acids is 1. The van der Waals surface area contributed by atoms with Crippen molar-refractivity contribution in [3.8, 4) is 0 Å². The maximum Gasteiger partial charge on any atom is 0.224 e. The van der Waals surface area contributed by atoms with E-state index in [1.54, 1.807) is 6.92 Å². The highest BCUT2D eigenvalue weighted by Gasteiger charge is 2.24. The molecule has 0 aliphatic carbocycles. The van der Waals surface area contributed by atoms with E-state index in [4.69, 9.17) is 0 Å². The fourth-order valence-electron chi connectivity index (χ4n) is 3.54. The lowest BCUT2D eigenvalue weighted by Gasteiger charge is -2.36. The second kappa shape index (κ2) is 13.0. The monoisotopic (exact) mass is 571 g/mol. The molecule has 2 aromatic rings. The van der Waals surface area contributed by atoms with Gasteiger partial charge in [-0.05, 0) is 37.4 Å². The van der Waals surface area contributed by atoms with Gasteiger partial charge >= 0.3 is 0 Å². The van der Waals surface area contributed by atoms with Crippen LogP contribution in [-0.4, -0.2) is 67.7 Å². The first-order valence-corrected chi connectivity index (χ1v) is 11.7. The number of halogens is 1. The maximum atomic E-state index is 12.6. The number of aliphatic imine (C=N–C) groups is 1. The number of rotatable bonds is 8. The Balaban J connectivity index is 0.00000363. The Hall–Kier alpha value is -1.85. The Labute approximate surface area is 211 Å². The Morgan fingerprint density at radius 2 is 1.84 bits per heavy atom. The fourth-order valence-corrected chi connectivity index (χ4v) is 4.32. The van der Waals surface area contributed by atoms with Gasteiger partial charge in [-0.25, -0.2) is 4.99 Å². The molecule has 3 rings (SSSR count). The number of aliphatic hydroxyl groups is 1. The van der Waals surface area contributed by atoms with E-state index < -0.39 is 5.60 Å². The molecule has 1 atom stereocenters. The number of nitrogens with zero attached hydrogens (tertiary/aromatic N) is 3. The molecule has 9 heteroatoms. The van der Waals surface area contributed by atoms with E-state index in [0.717, 1.165) is 31.1 Å². The maximum absolute atomic E-state index is 12.6. The number of para-hydroxylation sites is 1. The molecule has 7 nitrogen and oxygen atoms in total. The SMILES string of the molecule is CCNC(=NCC(C)(O)c1cccs1)NCCC(=O)N1CCN(c2ccccc2)CC1.I. The summed E-state index contributed by atoms with van der Waals surface area (Å²) in [7, 11) is 0. The number of anilines is 1. The fraction of sp³-hybridized carbons (Fsp3) is 0.478. The highest BCUT2D eigenvalue weighted by atomic mass is 127. The minimum atomic E-state index is -1.01. The third kappa shape index (κ3) is 7.63.